The van der Waals surface area contributed by atoms with Crippen LogP contribution < -0.4 is 9.62 Å². The first kappa shape index (κ1) is 30.1. The predicted molar refractivity (Wildman–Crippen MR) is 153 cm³/mol. The predicted octanol–water partition coefficient (Wildman–Crippen LogP) is 4.72. The van der Waals surface area contributed by atoms with Crippen molar-refractivity contribution in [3.05, 3.63) is 100 Å². The molecule has 3 aromatic carbocycles. The molecule has 7 nitrogen and oxygen atoms in total. The lowest BCUT2D eigenvalue weighted by Crippen LogP contribution is -2.53. The summed E-state index contributed by atoms with van der Waals surface area (Å²) < 4.78 is 40.2. The second kappa shape index (κ2) is 13.6. The van der Waals surface area contributed by atoms with Crippen LogP contribution in [0.3, 0.4) is 0 Å². The van der Waals surface area contributed by atoms with Crippen molar-refractivity contribution < 1.29 is 22.4 Å². The topological polar surface area (TPSA) is 86.8 Å². The fraction of sp³-hybridized carbons (Fsp3) is 0.310. The zero-order valence-electron chi connectivity index (χ0n) is 22.2. The van der Waals surface area contributed by atoms with Gasteiger partial charge in [-0.1, -0.05) is 78.7 Å². The molecule has 0 spiro atoms. The summed E-state index contributed by atoms with van der Waals surface area (Å²) >= 11 is 5.91. The van der Waals surface area contributed by atoms with Gasteiger partial charge in [0.15, 0.2) is 0 Å². The molecule has 0 heterocycles. The number of hydrogen-bond donors (Lipinski definition) is 1. The van der Waals surface area contributed by atoms with E-state index in [0.717, 1.165) is 39.4 Å². The number of aryl methyl sites for hydroxylation is 1. The number of nitrogens with zero attached hydrogens (tertiary/aromatic N) is 2. The number of carbonyl (C=O) groups is 2. The van der Waals surface area contributed by atoms with Crippen LogP contribution >= 0.6 is 11.6 Å². The Balaban J connectivity index is 2.04. The number of rotatable bonds is 12. The quantitative estimate of drug-likeness (QED) is 0.340. The third kappa shape index (κ3) is 8.53. The van der Waals surface area contributed by atoms with E-state index < -0.39 is 34.3 Å². The van der Waals surface area contributed by atoms with E-state index in [4.69, 9.17) is 11.6 Å². The zero-order valence-corrected chi connectivity index (χ0v) is 23.8. The number of hydrogen-bond acceptors (Lipinski definition) is 4. The van der Waals surface area contributed by atoms with Gasteiger partial charge in [0.05, 0.1) is 17.0 Å². The Morgan fingerprint density at radius 2 is 1.67 bits per heavy atom. The maximum atomic E-state index is 13.9. The minimum Gasteiger partial charge on any atom is -0.354 e. The molecule has 1 N–H and O–H groups in total. The van der Waals surface area contributed by atoms with E-state index in [1.807, 2.05) is 68.4 Å². The van der Waals surface area contributed by atoms with Gasteiger partial charge in [-0.2, -0.15) is 0 Å². The molecule has 3 rings (SSSR count). The Morgan fingerprint density at radius 3 is 2.26 bits per heavy atom. The number of sulfonamides is 1. The van der Waals surface area contributed by atoms with Crippen LogP contribution in [0.25, 0.3) is 0 Å². The van der Waals surface area contributed by atoms with Crippen LogP contribution in [0, 0.1) is 12.7 Å². The van der Waals surface area contributed by atoms with E-state index in [-0.39, 0.29) is 29.6 Å². The van der Waals surface area contributed by atoms with E-state index >= 15 is 0 Å². The SMILES string of the molecule is CCCNC(=O)[C@H](Cc1ccccc1)N(Cc1ccc(C)cc1)C(=O)CN(c1ccc(F)c(Cl)c1)S(C)(=O)=O. The molecule has 0 saturated heterocycles. The van der Waals surface area contributed by atoms with Crippen molar-refractivity contribution in [2.45, 2.75) is 39.3 Å². The summed E-state index contributed by atoms with van der Waals surface area (Å²) in [5.74, 6) is -1.64. The maximum absolute atomic E-state index is 13.9. The van der Waals surface area contributed by atoms with Crippen LogP contribution in [0.5, 0.6) is 0 Å². The van der Waals surface area contributed by atoms with Gasteiger partial charge < -0.3 is 10.2 Å². The summed E-state index contributed by atoms with van der Waals surface area (Å²) in [6.45, 7) is 3.79. The van der Waals surface area contributed by atoms with Gasteiger partial charge in [-0.25, -0.2) is 12.8 Å². The highest BCUT2D eigenvalue weighted by molar-refractivity contribution is 7.92. The highest BCUT2D eigenvalue weighted by Gasteiger charge is 2.33. The molecule has 0 bridgehead atoms. The second-order valence-electron chi connectivity index (χ2n) is 9.37. The lowest BCUT2D eigenvalue weighted by atomic mass is 10.0. The van der Waals surface area contributed by atoms with E-state index in [1.54, 1.807) is 0 Å². The van der Waals surface area contributed by atoms with Crippen molar-refractivity contribution in [3.63, 3.8) is 0 Å². The fourth-order valence-electron chi connectivity index (χ4n) is 4.06. The lowest BCUT2D eigenvalue weighted by Gasteiger charge is -2.33. The van der Waals surface area contributed by atoms with Crippen LogP contribution in [0.1, 0.15) is 30.0 Å². The Labute approximate surface area is 234 Å². The molecule has 3 aromatic rings. The molecule has 0 aromatic heterocycles. The van der Waals surface area contributed by atoms with E-state index in [2.05, 4.69) is 5.32 Å². The second-order valence-corrected chi connectivity index (χ2v) is 11.7. The largest absolute Gasteiger partial charge is 0.354 e. The molecule has 0 saturated carbocycles. The monoisotopic (exact) mass is 573 g/mol. The van der Waals surface area contributed by atoms with Gasteiger partial charge in [0.1, 0.15) is 18.4 Å². The molecular formula is C29H33ClFN3O4S. The van der Waals surface area contributed by atoms with E-state index in [1.165, 1.54) is 11.0 Å². The van der Waals surface area contributed by atoms with E-state index in [9.17, 15) is 22.4 Å². The van der Waals surface area contributed by atoms with Crippen molar-refractivity contribution >= 4 is 39.1 Å². The fourth-order valence-corrected chi connectivity index (χ4v) is 5.08. The van der Waals surface area contributed by atoms with Gasteiger partial charge in [0.2, 0.25) is 21.8 Å². The van der Waals surface area contributed by atoms with Gasteiger partial charge in [-0.15, -0.1) is 0 Å². The molecule has 0 radical (unpaired) electrons. The van der Waals surface area contributed by atoms with Crippen molar-refractivity contribution in [1.29, 1.82) is 0 Å². The van der Waals surface area contributed by atoms with Gasteiger partial charge in [-0.05, 0) is 42.7 Å². The molecule has 0 aliphatic carbocycles. The highest BCUT2D eigenvalue weighted by Crippen LogP contribution is 2.25. The Hall–Kier alpha value is -3.43. The number of halogens is 2. The summed E-state index contributed by atoms with van der Waals surface area (Å²) in [5.41, 5.74) is 2.71. The zero-order chi connectivity index (χ0) is 28.6. The van der Waals surface area contributed by atoms with Crippen molar-refractivity contribution in [2.75, 3.05) is 23.7 Å². The minimum absolute atomic E-state index is 0.0441. The summed E-state index contributed by atoms with van der Waals surface area (Å²) in [6, 6.07) is 19.4. The number of anilines is 1. The first-order valence-corrected chi connectivity index (χ1v) is 14.8. The molecular weight excluding hydrogens is 541 g/mol. The molecule has 208 valence electrons. The van der Waals surface area contributed by atoms with Gasteiger partial charge in [0.25, 0.3) is 0 Å². The minimum atomic E-state index is -3.97. The number of benzene rings is 3. The van der Waals surface area contributed by atoms with E-state index in [0.29, 0.717) is 13.0 Å². The van der Waals surface area contributed by atoms with Crippen LogP contribution in [0.2, 0.25) is 5.02 Å². The molecule has 2 amide bonds. The number of amides is 2. The summed E-state index contributed by atoms with van der Waals surface area (Å²) in [7, 11) is -3.97. The Bertz CT molecular complexity index is 1390. The summed E-state index contributed by atoms with van der Waals surface area (Å²) in [4.78, 5) is 28.8. The number of carbonyl (C=O) groups excluding carboxylic acids is 2. The van der Waals surface area contributed by atoms with Crippen molar-refractivity contribution in [2.24, 2.45) is 0 Å². The highest BCUT2D eigenvalue weighted by atomic mass is 35.5. The van der Waals surface area contributed by atoms with Crippen molar-refractivity contribution in [3.8, 4) is 0 Å². The third-order valence-corrected chi connectivity index (χ3v) is 7.59. The van der Waals surface area contributed by atoms with Crippen LogP contribution in [-0.2, 0) is 32.6 Å². The molecule has 0 aliphatic heterocycles. The van der Waals surface area contributed by atoms with Crippen molar-refractivity contribution in [1.82, 2.24) is 10.2 Å². The molecule has 0 fully saturated rings. The summed E-state index contributed by atoms with van der Waals surface area (Å²) in [6.07, 6.45) is 1.90. The molecule has 39 heavy (non-hydrogen) atoms. The standard InChI is InChI=1S/C29H33ClFN3O4S/c1-4-16-32-29(36)27(17-22-8-6-5-7-9-22)33(19-23-12-10-21(2)11-13-23)28(35)20-34(39(3,37)38)24-14-15-26(31)25(30)18-24/h5-15,18,27H,4,16-17,19-20H2,1-3H3,(H,32,36)/t27-/m0/s1. The molecule has 10 heteroatoms. The summed E-state index contributed by atoms with van der Waals surface area (Å²) in [5, 5.41) is 2.62. The average Bonchev–Trinajstić information content (AvgIpc) is 2.90. The first-order valence-electron chi connectivity index (χ1n) is 12.6. The molecule has 0 unspecified atom stereocenters. The van der Waals surface area contributed by atoms with Crippen LogP contribution in [0.4, 0.5) is 10.1 Å². The van der Waals surface area contributed by atoms with Crippen LogP contribution in [0.15, 0.2) is 72.8 Å². The van der Waals surface area contributed by atoms with Gasteiger partial charge >= 0.3 is 0 Å². The average molecular weight is 574 g/mol. The molecule has 0 aliphatic rings. The van der Waals surface area contributed by atoms with Gasteiger partial charge in [-0.3, -0.25) is 13.9 Å². The smallest absolute Gasteiger partial charge is 0.244 e. The Morgan fingerprint density at radius 1 is 1.00 bits per heavy atom. The maximum Gasteiger partial charge on any atom is 0.244 e. The van der Waals surface area contributed by atoms with Crippen LogP contribution in [-0.4, -0.2) is 50.5 Å². The molecule has 1 atom stereocenters. The third-order valence-electron chi connectivity index (χ3n) is 6.16. The first-order chi connectivity index (χ1) is 18.5. The van der Waals surface area contributed by atoms with Gasteiger partial charge in [0, 0.05) is 19.5 Å². The Kier molecular flexibility index (Phi) is 10.5. The normalized spacial score (nSPS) is 12.0. The number of nitrogens with one attached hydrogen (secondary N) is 1. The lowest BCUT2D eigenvalue weighted by molar-refractivity contribution is -0.140.